The van der Waals surface area contributed by atoms with Gasteiger partial charge in [0.15, 0.2) is 0 Å². The lowest BCUT2D eigenvalue weighted by Gasteiger charge is -2.32. The molecule has 16 heavy (non-hydrogen) atoms. The van der Waals surface area contributed by atoms with Gasteiger partial charge in [0.1, 0.15) is 0 Å². The maximum absolute atomic E-state index is 11.9. The van der Waals surface area contributed by atoms with E-state index in [1.807, 2.05) is 4.90 Å². The first-order chi connectivity index (χ1) is 7.47. The molecular formula is C12H22N2O2. The van der Waals surface area contributed by atoms with Crippen LogP contribution in [0.15, 0.2) is 0 Å². The smallest absolute Gasteiger partial charge is 0.224 e. The van der Waals surface area contributed by atoms with E-state index in [2.05, 4.69) is 26.1 Å². The molecule has 4 heteroatoms. The SMILES string of the molecule is CC(C)(C)N1CC(NC2CCOC2)CC1=O. The second-order valence-electron chi connectivity index (χ2n) is 5.80. The molecular weight excluding hydrogens is 204 g/mol. The molecule has 2 aliphatic rings. The van der Waals surface area contributed by atoms with E-state index >= 15 is 0 Å². The topological polar surface area (TPSA) is 41.6 Å². The molecule has 0 radical (unpaired) electrons. The lowest BCUT2D eigenvalue weighted by molar-refractivity contribution is -0.131. The number of hydrogen-bond donors (Lipinski definition) is 1. The number of likely N-dealkylation sites (tertiary alicyclic amines) is 1. The van der Waals surface area contributed by atoms with Gasteiger partial charge in [0.2, 0.25) is 5.91 Å². The molecule has 0 saturated carbocycles. The molecule has 2 aliphatic heterocycles. The van der Waals surface area contributed by atoms with Crippen LogP contribution in [0, 0.1) is 0 Å². The summed E-state index contributed by atoms with van der Waals surface area (Å²) in [5.41, 5.74) is -0.0559. The first-order valence-corrected chi connectivity index (χ1v) is 6.11. The van der Waals surface area contributed by atoms with Crippen molar-refractivity contribution in [3.63, 3.8) is 0 Å². The molecule has 2 fully saturated rings. The summed E-state index contributed by atoms with van der Waals surface area (Å²) in [6, 6.07) is 0.746. The highest BCUT2D eigenvalue weighted by atomic mass is 16.5. The van der Waals surface area contributed by atoms with Crippen molar-refractivity contribution in [3.05, 3.63) is 0 Å². The summed E-state index contributed by atoms with van der Waals surface area (Å²) < 4.78 is 5.33. The largest absolute Gasteiger partial charge is 0.380 e. The number of nitrogens with one attached hydrogen (secondary N) is 1. The third-order valence-electron chi connectivity index (χ3n) is 3.34. The highest BCUT2D eigenvalue weighted by Crippen LogP contribution is 2.22. The van der Waals surface area contributed by atoms with Crippen molar-refractivity contribution in [2.24, 2.45) is 0 Å². The molecule has 0 spiro atoms. The second-order valence-corrected chi connectivity index (χ2v) is 5.80. The van der Waals surface area contributed by atoms with Gasteiger partial charge in [-0.3, -0.25) is 4.79 Å². The summed E-state index contributed by atoms with van der Waals surface area (Å²) in [5.74, 6) is 0.268. The lowest BCUT2D eigenvalue weighted by Crippen LogP contribution is -2.45. The Morgan fingerprint density at radius 3 is 2.62 bits per heavy atom. The van der Waals surface area contributed by atoms with Crippen LogP contribution in [0.5, 0.6) is 0 Å². The molecule has 2 atom stereocenters. The summed E-state index contributed by atoms with van der Waals surface area (Å²) >= 11 is 0. The number of rotatable bonds is 2. The highest BCUT2D eigenvalue weighted by molar-refractivity contribution is 5.80. The van der Waals surface area contributed by atoms with Gasteiger partial charge in [-0.2, -0.15) is 0 Å². The van der Waals surface area contributed by atoms with E-state index in [0.29, 0.717) is 18.5 Å². The van der Waals surface area contributed by atoms with Gasteiger partial charge in [0, 0.05) is 37.2 Å². The Balaban J connectivity index is 1.88. The van der Waals surface area contributed by atoms with E-state index in [1.165, 1.54) is 0 Å². The Hall–Kier alpha value is -0.610. The van der Waals surface area contributed by atoms with E-state index in [9.17, 15) is 4.79 Å². The highest BCUT2D eigenvalue weighted by Gasteiger charge is 2.37. The van der Waals surface area contributed by atoms with Gasteiger partial charge in [0.05, 0.1) is 6.61 Å². The fourth-order valence-corrected chi connectivity index (χ4v) is 2.47. The van der Waals surface area contributed by atoms with Gasteiger partial charge >= 0.3 is 0 Å². The molecule has 0 bridgehead atoms. The third-order valence-corrected chi connectivity index (χ3v) is 3.34. The maximum atomic E-state index is 11.9. The standard InChI is InChI=1S/C12H22N2O2/c1-12(2,3)14-7-10(6-11(14)15)13-9-4-5-16-8-9/h9-10,13H,4-8H2,1-3H3. The van der Waals surface area contributed by atoms with Crippen LogP contribution in [-0.4, -0.2) is 48.2 Å². The molecule has 1 N–H and O–H groups in total. The Kier molecular flexibility index (Phi) is 3.22. The van der Waals surface area contributed by atoms with Crippen molar-refractivity contribution < 1.29 is 9.53 Å². The number of nitrogens with zero attached hydrogens (tertiary/aromatic N) is 1. The molecule has 1 amide bonds. The average Bonchev–Trinajstić information content (AvgIpc) is 2.74. The zero-order valence-electron chi connectivity index (χ0n) is 10.5. The molecule has 4 nitrogen and oxygen atoms in total. The van der Waals surface area contributed by atoms with Crippen LogP contribution in [-0.2, 0) is 9.53 Å². The molecule has 2 unspecified atom stereocenters. The number of carbonyl (C=O) groups is 1. The average molecular weight is 226 g/mol. The van der Waals surface area contributed by atoms with Gasteiger partial charge in [-0.25, -0.2) is 0 Å². The van der Waals surface area contributed by atoms with Gasteiger partial charge < -0.3 is 15.0 Å². The molecule has 92 valence electrons. The lowest BCUT2D eigenvalue weighted by atomic mass is 10.1. The van der Waals surface area contributed by atoms with E-state index in [4.69, 9.17) is 4.74 Å². The quantitative estimate of drug-likeness (QED) is 0.756. The third kappa shape index (κ3) is 2.55. The van der Waals surface area contributed by atoms with Crippen molar-refractivity contribution in [1.82, 2.24) is 10.2 Å². The van der Waals surface area contributed by atoms with E-state index in [1.54, 1.807) is 0 Å². The predicted molar refractivity (Wildman–Crippen MR) is 62.2 cm³/mol. The van der Waals surface area contributed by atoms with Gasteiger partial charge in [-0.1, -0.05) is 0 Å². The molecule has 0 aliphatic carbocycles. The van der Waals surface area contributed by atoms with Crippen molar-refractivity contribution in [1.29, 1.82) is 0 Å². The normalized spacial score (nSPS) is 31.4. The van der Waals surface area contributed by atoms with Crippen LogP contribution in [0.2, 0.25) is 0 Å². The van der Waals surface area contributed by atoms with Crippen molar-refractivity contribution >= 4 is 5.91 Å². The van der Waals surface area contributed by atoms with Crippen LogP contribution >= 0.6 is 0 Å². The fourth-order valence-electron chi connectivity index (χ4n) is 2.47. The summed E-state index contributed by atoms with van der Waals surface area (Å²) in [7, 11) is 0. The first-order valence-electron chi connectivity index (χ1n) is 6.11. The minimum Gasteiger partial charge on any atom is -0.380 e. The minimum atomic E-state index is -0.0559. The van der Waals surface area contributed by atoms with Crippen LogP contribution in [0.25, 0.3) is 0 Å². The predicted octanol–water partition coefficient (Wildman–Crippen LogP) is 0.764. The Bertz CT molecular complexity index is 267. The van der Waals surface area contributed by atoms with Crippen molar-refractivity contribution in [2.75, 3.05) is 19.8 Å². The molecule has 0 aromatic heterocycles. The molecule has 2 rings (SSSR count). The summed E-state index contributed by atoms with van der Waals surface area (Å²) in [6.45, 7) is 8.74. The summed E-state index contributed by atoms with van der Waals surface area (Å²) in [4.78, 5) is 13.8. The molecule has 2 saturated heterocycles. The maximum Gasteiger partial charge on any atom is 0.224 e. The van der Waals surface area contributed by atoms with Crippen molar-refractivity contribution in [3.8, 4) is 0 Å². The van der Waals surface area contributed by atoms with E-state index < -0.39 is 0 Å². The second kappa shape index (κ2) is 4.34. The number of amides is 1. The Morgan fingerprint density at radius 2 is 2.12 bits per heavy atom. The zero-order chi connectivity index (χ0) is 11.8. The summed E-state index contributed by atoms with van der Waals surface area (Å²) in [5, 5.41) is 3.52. The zero-order valence-corrected chi connectivity index (χ0v) is 10.5. The minimum absolute atomic E-state index is 0.0559. The monoisotopic (exact) mass is 226 g/mol. The van der Waals surface area contributed by atoms with Crippen LogP contribution < -0.4 is 5.32 Å². The van der Waals surface area contributed by atoms with Crippen molar-refractivity contribution in [2.45, 2.75) is 51.2 Å². The molecule has 2 heterocycles. The summed E-state index contributed by atoms with van der Waals surface area (Å²) in [6.07, 6.45) is 1.70. The molecule has 0 aromatic carbocycles. The van der Waals surface area contributed by atoms with Gasteiger partial charge in [0.25, 0.3) is 0 Å². The number of hydrogen-bond acceptors (Lipinski definition) is 3. The van der Waals surface area contributed by atoms with E-state index in [-0.39, 0.29) is 11.4 Å². The Morgan fingerprint density at radius 1 is 1.38 bits per heavy atom. The van der Waals surface area contributed by atoms with Crippen LogP contribution in [0.3, 0.4) is 0 Å². The fraction of sp³-hybridized carbons (Fsp3) is 0.917. The van der Waals surface area contributed by atoms with Gasteiger partial charge in [-0.05, 0) is 27.2 Å². The number of ether oxygens (including phenoxy) is 1. The molecule has 0 aromatic rings. The van der Waals surface area contributed by atoms with Crippen LogP contribution in [0.4, 0.5) is 0 Å². The van der Waals surface area contributed by atoms with Crippen LogP contribution in [0.1, 0.15) is 33.6 Å². The Labute approximate surface area is 97.3 Å². The number of carbonyl (C=O) groups excluding carboxylic acids is 1. The first kappa shape index (κ1) is 11.9. The van der Waals surface area contributed by atoms with E-state index in [0.717, 1.165) is 26.2 Å². The van der Waals surface area contributed by atoms with Gasteiger partial charge in [-0.15, -0.1) is 0 Å².